The van der Waals surface area contributed by atoms with E-state index in [-0.39, 0.29) is 18.5 Å². The molecule has 23 heavy (non-hydrogen) atoms. The zero-order valence-electron chi connectivity index (χ0n) is 13.4. The number of halogens is 1. The van der Waals surface area contributed by atoms with Crippen molar-refractivity contribution in [2.75, 3.05) is 26.2 Å². The number of benzene rings is 1. The van der Waals surface area contributed by atoms with Gasteiger partial charge >= 0.3 is 5.97 Å². The number of nitrogens with zero attached hydrogens (tertiary/aromatic N) is 2. The van der Waals surface area contributed by atoms with Gasteiger partial charge in [0.1, 0.15) is 0 Å². The molecule has 0 spiro atoms. The van der Waals surface area contributed by atoms with Crippen LogP contribution in [0.3, 0.4) is 0 Å². The minimum Gasteiger partial charge on any atom is -0.480 e. The third kappa shape index (κ3) is 5.32. The molecule has 0 aliphatic carbocycles. The molecule has 1 N–H and O–H groups in total. The van der Waals surface area contributed by atoms with E-state index in [1.54, 1.807) is 0 Å². The van der Waals surface area contributed by atoms with Crippen molar-refractivity contribution >= 4 is 27.8 Å². The second-order valence-electron chi connectivity index (χ2n) is 5.87. The van der Waals surface area contributed by atoms with Crippen molar-refractivity contribution in [2.45, 2.75) is 32.2 Å². The van der Waals surface area contributed by atoms with Gasteiger partial charge in [0, 0.05) is 23.6 Å². The number of carbonyl (C=O) groups is 2. The van der Waals surface area contributed by atoms with E-state index in [9.17, 15) is 9.59 Å². The molecule has 0 atom stereocenters. The summed E-state index contributed by atoms with van der Waals surface area (Å²) in [6.45, 7) is 4.19. The Hall–Kier alpha value is -1.40. The number of carboxylic acids is 1. The van der Waals surface area contributed by atoms with Crippen LogP contribution in [0.25, 0.3) is 0 Å². The molecular formula is C17H23BrN2O3. The molecule has 6 heteroatoms. The van der Waals surface area contributed by atoms with Gasteiger partial charge in [-0.15, -0.1) is 0 Å². The molecule has 1 aliphatic rings. The third-order valence-electron chi connectivity index (χ3n) is 4.35. The molecule has 1 fully saturated rings. The first-order valence-electron chi connectivity index (χ1n) is 7.97. The zero-order chi connectivity index (χ0) is 16.8. The first-order chi connectivity index (χ1) is 11.0. The first kappa shape index (κ1) is 17.9. The number of amides is 1. The van der Waals surface area contributed by atoms with Crippen LogP contribution in [0.15, 0.2) is 28.7 Å². The predicted molar refractivity (Wildman–Crippen MR) is 92.3 cm³/mol. The molecule has 126 valence electrons. The minimum atomic E-state index is -0.791. The standard InChI is InChI=1S/C17H23BrN2O3/c1-2-19(12-17(22)23)15-7-9-20(10-8-15)16(21)11-13-3-5-14(18)6-4-13/h3-6,15H,2,7-12H2,1H3,(H,22,23). The Labute approximate surface area is 145 Å². The highest BCUT2D eigenvalue weighted by molar-refractivity contribution is 9.10. The lowest BCUT2D eigenvalue weighted by Crippen LogP contribution is -2.48. The molecule has 0 aromatic heterocycles. The fourth-order valence-electron chi connectivity index (χ4n) is 3.04. The topological polar surface area (TPSA) is 60.9 Å². The number of hydrogen-bond donors (Lipinski definition) is 1. The molecule has 0 bridgehead atoms. The SMILES string of the molecule is CCN(CC(=O)O)C1CCN(C(=O)Cc2ccc(Br)cc2)CC1. The minimum absolute atomic E-state index is 0.0774. The molecule has 0 unspecified atom stereocenters. The smallest absolute Gasteiger partial charge is 0.317 e. The summed E-state index contributed by atoms with van der Waals surface area (Å²) >= 11 is 3.39. The van der Waals surface area contributed by atoms with Crippen molar-refractivity contribution in [3.8, 4) is 0 Å². The quantitative estimate of drug-likeness (QED) is 0.820. The van der Waals surface area contributed by atoms with E-state index in [0.29, 0.717) is 19.5 Å². The number of rotatable bonds is 6. The molecule has 5 nitrogen and oxygen atoms in total. The number of likely N-dealkylation sites (tertiary alicyclic amines) is 1. The lowest BCUT2D eigenvalue weighted by molar-refractivity contribution is -0.140. The lowest BCUT2D eigenvalue weighted by atomic mass is 10.0. The Morgan fingerprint density at radius 3 is 2.39 bits per heavy atom. The van der Waals surface area contributed by atoms with Crippen molar-refractivity contribution in [1.29, 1.82) is 0 Å². The fourth-order valence-corrected chi connectivity index (χ4v) is 3.31. The van der Waals surface area contributed by atoms with E-state index in [1.807, 2.05) is 41.0 Å². The Bertz CT molecular complexity index is 539. The van der Waals surface area contributed by atoms with E-state index in [2.05, 4.69) is 15.9 Å². The maximum Gasteiger partial charge on any atom is 0.317 e. The van der Waals surface area contributed by atoms with Crippen LogP contribution in [0.5, 0.6) is 0 Å². The number of likely N-dealkylation sites (N-methyl/N-ethyl adjacent to an activating group) is 1. The van der Waals surface area contributed by atoms with Gasteiger partial charge in [-0.1, -0.05) is 35.0 Å². The maximum atomic E-state index is 12.4. The molecule has 1 saturated heterocycles. The van der Waals surface area contributed by atoms with Gasteiger partial charge in [-0.2, -0.15) is 0 Å². The van der Waals surface area contributed by atoms with E-state index < -0.39 is 5.97 Å². The van der Waals surface area contributed by atoms with Gasteiger partial charge in [0.2, 0.25) is 5.91 Å². The Morgan fingerprint density at radius 2 is 1.87 bits per heavy atom. The molecule has 1 aliphatic heterocycles. The summed E-state index contributed by atoms with van der Waals surface area (Å²) in [5, 5.41) is 8.96. The molecule has 1 aromatic rings. The first-order valence-corrected chi connectivity index (χ1v) is 8.77. The normalized spacial score (nSPS) is 15.9. The van der Waals surface area contributed by atoms with Crippen LogP contribution in [0.1, 0.15) is 25.3 Å². The summed E-state index contributed by atoms with van der Waals surface area (Å²) in [7, 11) is 0. The van der Waals surface area contributed by atoms with Crippen molar-refractivity contribution in [2.24, 2.45) is 0 Å². The average molecular weight is 383 g/mol. The monoisotopic (exact) mass is 382 g/mol. The number of piperidine rings is 1. The van der Waals surface area contributed by atoms with Crippen LogP contribution < -0.4 is 0 Å². The Balaban J connectivity index is 1.84. The Kier molecular flexibility index (Phi) is 6.59. The van der Waals surface area contributed by atoms with Crippen LogP contribution >= 0.6 is 15.9 Å². The van der Waals surface area contributed by atoms with Crippen molar-refractivity contribution in [3.05, 3.63) is 34.3 Å². The molecule has 0 saturated carbocycles. The van der Waals surface area contributed by atoms with Gasteiger partial charge in [0.05, 0.1) is 13.0 Å². The summed E-state index contributed by atoms with van der Waals surface area (Å²) in [5.41, 5.74) is 1.02. The molecule has 1 aromatic carbocycles. The van der Waals surface area contributed by atoms with Crippen molar-refractivity contribution < 1.29 is 14.7 Å². The number of carbonyl (C=O) groups excluding carboxylic acids is 1. The maximum absolute atomic E-state index is 12.4. The van der Waals surface area contributed by atoms with Crippen LogP contribution in [-0.4, -0.2) is 59.0 Å². The molecular weight excluding hydrogens is 360 g/mol. The average Bonchev–Trinajstić information content (AvgIpc) is 2.54. The van der Waals surface area contributed by atoms with Crippen molar-refractivity contribution in [1.82, 2.24) is 9.80 Å². The molecule has 1 amide bonds. The van der Waals surface area contributed by atoms with E-state index in [1.165, 1.54) is 0 Å². The van der Waals surface area contributed by atoms with Gasteiger partial charge in [0.25, 0.3) is 0 Å². The summed E-state index contributed by atoms with van der Waals surface area (Å²) in [4.78, 5) is 27.2. The lowest BCUT2D eigenvalue weighted by Gasteiger charge is -2.37. The number of carboxylic acid groups (broad SMARTS) is 1. The van der Waals surface area contributed by atoms with Crippen LogP contribution in [0.2, 0.25) is 0 Å². The number of hydrogen-bond acceptors (Lipinski definition) is 3. The largest absolute Gasteiger partial charge is 0.480 e. The Morgan fingerprint density at radius 1 is 1.26 bits per heavy atom. The summed E-state index contributed by atoms with van der Waals surface area (Å²) in [5.74, 6) is -0.646. The second-order valence-corrected chi connectivity index (χ2v) is 6.79. The highest BCUT2D eigenvalue weighted by atomic mass is 79.9. The highest BCUT2D eigenvalue weighted by Crippen LogP contribution is 2.18. The van der Waals surface area contributed by atoms with Crippen LogP contribution in [0.4, 0.5) is 0 Å². The molecule has 0 radical (unpaired) electrons. The van der Waals surface area contributed by atoms with E-state index in [0.717, 1.165) is 29.4 Å². The summed E-state index contributed by atoms with van der Waals surface area (Å²) in [6.07, 6.45) is 2.10. The van der Waals surface area contributed by atoms with E-state index in [4.69, 9.17) is 5.11 Å². The summed E-state index contributed by atoms with van der Waals surface area (Å²) < 4.78 is 1.01. The highest BCUT2D eigenvalue weighted by Gasteiger charge is 2.27. The van der Waals surface area contributed by atoms with Gasteiger partial charge in [-0.3, -0.25) is 14.5 Å². The third-order valence-corrected chi connectivity index (χ3v) is 4.88. The fraction of sp³-hybridized carbons (Fsp3) is 0.529. The van der Waals surface area contributed by atoms with Gasteiger partial charge in [-0.05, 0) is 37.1 Å². The molecule has 2 rings (SSSR count). The molecule has 1 heterocycles. The second kappa shape index (κ2) is 8.45. The van der Waals surface area contributed by atoms with Crippen LogP contribution in [-0.2, 0) is 16.0 Å². The van der Waals surface area contributed by atoms with Crippen molar-refractivity contribution in [3.63, 3.8) is 0 Å². The van der Waals surface area contributed by atoms with Gasteiger partial charge in [-0.25, -0.2) is 0 Å². The van der Waals surface area contributed by atoms with E-state index >= 15 is 0 Å². The van der Waals surface area contributed by atoms with Gasteiger partial charge < -0.3 is 10.0 Å². The summed E-state index contributed by atoms with van der Waals surface area (Å²) in [6, 6.07) is 8.06. The van der Waals surface area contributed by atoms with Crippen LogP contribution in [0, 0.1) is 0 Å². The number of aliphatic carboxylic acids is 1. The predicted octanol–water partition coefficient (Wildman–Crippen LogP) is 2.39. The van der Waals surface area contributed by atoms with Gasteiger partial charge in [0.15, 0.2) is 0 Å². The zero-order valence-corrected chi connectivity index (χ0v) is 15.0.